The van der Waals surface area contributed by atoms with Gasteiger partial charge < -0.3 is 5.11 Å². The third-order valence-electron chi connectivity index (χ3n) is 2.51. The van der Waals surface area contributed by atoms with Crippen LogP contribution >= 0.6 is 11.6 Å². The molecule has 0 aliphatic heterocycles. The normalized spacial score (nSPS) is 15.2. The van der Waals surface area contributed by atoms with Crippen LogP contribution in [0, 0.1) is 12.3 Å². The van der Waals surface area contributed by atoms with Gasteiger partial charge in [0.2, 0.25) is 0 Å². The van der Waals surface area contributed by atoms with Crippen molar-refractivity contribution in [1.82, 2.24) is 0 Å². The second-order valence-electron chi connectivity index (χ2n) is 4.09. The quantitative estimate of drug-likeness (QED) is 0.285. The van der Waals surface area contributed by atoms with Crippen LogP contribution in [0.5, 0.6) is 0 Å². The molecule has 0 saturated carbocycles. The zero-order chi connectivity index (χ0) is 12.9. The number of aliphatic hydroxyl groups is 1. The van der Waals surface area contributed by atoms with Crippen molar-refractivity contribution in [3.05, 3.63) is 24.3 Å². The first-order valence-corrected chi connectivity index (χ1v) is 6.74. The molecule has 1 nitrogen and oxygen atoms in total. The molecule has 96 valence electrons. The molecule has 1 N–H and O–H groups in total. The average Bonchev–Trinajstić information content (AvgIpc) is 2.33. The zero-order valence-electron chi connectivity index (χ0n) is 10.6. The fourth-order valence-corrected chi connectivity index (χ4v) is 1.64. The summed E-state index contributed by atoms with van der Waals surface area (Å²) in [6.07, 6.45) is 18.2. The molecular weight excluding hydrogens is 232 g/mol. The van der Waals surface area contributed by atoms with E-state index in [4.69, 9.17) is 18.0 Å². The number of hydrogen-bond acceptors (Lipinski definition) is 1. The SMILES string of the molecule is C#CC=CCC(O)C(Cl)CC=CCCCCC. The summed E-state index contributed by atoms with van der Waals surface area (Å²) in [4.78, 5) is 0. The van der Waals surface area contributed by atoms with Crippen molar-refractivity contribution in [1.29, 1.82) is 0 Å². The van der Waals surface area contributed by atoms with Crippen LogP contribution in [0.15, 0.2) is 24.3 Å². The standard InChI is InChI=1S/C15H23ClO/c1-3-5-7-8-9-11-12-14(16)15(17)13-10-6-4-2/h2,6,9-11,14-15,17H,3,5,7-8,12-13H2,1H3. The van der Waals surface area contributed by atoms with Crippen LogP contribution in [-0.4, -0.2) is 16.6 Å². The Balaban J connectivity index is 3.66. The smallest absolute Gasteiger partial charge is 0.0741 e. The van der Waals surface area contributed by atoms with E-state index in [1.807, 2.05) is 0 Å². The summed E-state index contributed by atoms with van der Waals surface area (Å²) in [7, 11) is 0. The molecule has 0 aromatic rings. The second kappa shape index (κ2) is 11.8. The molecule has 0 aliphatic rings. The summed E-state index contributed by atoms with van der Waals surface area (Å²) >= 11 is 6.06. The fourth-order valence-electron chi connectivity index (χ4n) is 1.44. The van der Waals surface area contributed by atoms with E-state index in [0.29, 0.717) is 12.8 Å². The molecule has 0 amide bonds. The molecule has 17 heavy (non-hydrogen) atoms. The van der Waals surface area contributed by atoms with Gasteiger partial charge in [-0.25, -0.2) is 0 Å². The molecule has 0 spiro atoms. The Morgan fingerprint density at radius 1 is 1.24 bits per heavy atom. The van der Waals surface area contributed by atoms with E-state index in [0.717, 1.165) is 6.42 Å². The van der Waals surface area contributed by atoms with Gasteiger partial charge in [-0.05, 0) is 31.8 Å². The molecule has 0 aromatic heterocycles. The Morgan fingerprint density at radius 3 is 2.65 bits per heavy atom. The van der Waals surface area contributed by atoms with Gasteiger partial charge in [0.25, 0.3) is 0 Å². The van der Waals surface area contributed by atoms with E-state index in [-0.39, 0.29) is 5.38 Å². The van der Waals surface area contributed by atoms with Crippen molar-refractivity contribution in [3.63, 3.8) is 0 Å². The van der Waals surface area contributed by atoms with E-state index in [1.165, 1.54) is 19.3 Å². The van der Waals surface area contributed by atoms with Crippen LogP contribution in [-0.2, 0) is 0 Å². The number of terminal acetylenes is 1. The maximum Gasteiger partial charge on any atom is 0.0741 e. The van der Waals surface area contributed by atoms with Gasteiger partial charge in [0.05, 0.1) is 11.5 Å². The van der Waals surface area contributed by atoms with E-state index in [2.05, 4.69) is 25.0 Å². The summed E-state index contributed by atoms with van der Waals surface area (Å²) in [5.41, 5.74) is 0. The van der Waals surface area contributed by atoms with Gasteiger partial charge in [-0.1, -0.05) is 43.9 Å². The predicted molar refractivity (Wildman–Crippen MR) is 76.1 cm³/mol. The first-order chi connectivity index (χ1) is 8.22. The van der Waals surface area contributed by atoms with Gasteiger partial charge in [0.1, 0.15) is 0 Å². The zero-order valence-corrected chi connectivity index (χ0v) is 11.4. The first kappa shape index (κ1) is 16.3. The maximum atomic E-state index is 9.70. The number of allylic oxidation sites excluding steroid dienone is 3. The van der Waals surface area contributed by atoms with Crippen molar-refractivity contribution in [2.75, 3.05) is 0 Å². The van der Waals surface area contributed by atoms with Crippen molar-refractivity contribution in [2.24, 2.45) is 0 Å². The number of halogens is 1. The van der Waals surface area contributed by atoms with E-state index >= 15 is 0 Å². The molecule has 0 bridgehead atoms. The van der Waals surface area contributed by atoms with E-state index in [1.54, 1.807) is 12.2 Å². The number of unbranched alkanes of at least 4 members (excludes halogenated alkanes) is 3. The first-order valence-electron chi connectivity index (χ1n) is 6.30. The maximum absolute atomic E-state index is 9.70. The Hall–Kier alpha value is -0.710. The number of hydrogen-bond donors (Lipinski definition) is 1. The summed E-state index contributed by atoms with van der Waals surface area (Å²) in [6, 6.07) is 0. The lowest BCUT2D eigenvalue weighted by molar-refractivity contribution is 0.172. The third-order valence-corrected chi connectivity index (χ3v) is 2.98. The van der Waals surface area contributed by atoms with Crippen molar-refractivity contribution < 1.29 is 5.11 Å². The highest BCUT2D eigenvalue weighted by Crippen LogP contribution is 2.13. The van der Waals surface area contributed by atoms with E-state index < -0.39 is 6.10 Å². The highest BCUT2D eigenvalue weighted by atomic mass is 35.5. The molecule has 0 heterocycles. The van der Waals surface area contributed by atoms with Crippen LogP contribution in [0.4, 0.5) is 0 Å². The largest absolute Gasteiger partial charge is 0.391 e. The molecule has 0 aliphatic carbocycles. The minimum atomic E-state index is -0.526. The fraction of sp³-hybridized carbons (Fsp3) is 0.600. The topological polar surface area (TPSA) is 20.2 Å². The van der Waals surface area contributed by atoms with Crippen LogP contribution in [0.25, 0.3) is 0 Å². The Morgan fingerprint density at radius 2 is 2.00 bits per heavy atom. The summed E-state index contributed by atoms with van der Waals surface area (Å²) in [5.74, 6) is 2.39. The Labute approximate surface area is 111 Å². The molecule has 0 radical (unpaired) electrons. The van der Waals surface area contributed by atoms with Crippen LogP contribution in [0.2, 0.25) is 0 Å². The molecule has 2 atom stereocenters. The lowest BCUT2D eigenvalue weighted by Gasteiger charge is -2.12. The van der Waals surface area contributed by atoms with Crippen LogP contribution in [0.3, 0.4) is 0 Å². The average molecular weight is 255 g/mol. The molecule has 0 aromatic carbocycles. The monoisotopic (exact) mass is 254 g/mol. The minimum Gasteiger partial charge on any atom is -0.391 e. The van der Waals surface area contributed by atoms with Gasteiger partial charge in [-0.3, -0.25) is 0 Å². The van der Waals surface area contributed by atoms with Gasteiger partial charge in [0, 0.05) is 0 Å². The van der Waals surface area contributed by atoms with Gasteiger partial charge in [-0.15, -0.1) is 18.0 Å². The van der Waals surface area contributed by atoms with E-state index in [9.17, 15) is 5.11 Å². The number of rotatable bonds is 9. The molecule has 2 unspecified atom stereocenters. The lowest BCUT2D eigenvalue weighted by atomic mass is 10.1. The predicted octanol–water partition coefficient (Wildman–Crippen LogP) is 4.06. The summed E-state index contributed by atoms with van der Waals surface area (Å²) < 4.78 is 0. The molecule has 2 heteroatoms. The molecule has 0 fully saturated rings. The van der Waals surface area contributed by atoms with Crippen LogP contribution in [0.1, 0.15) is 45.4 Å². The Kier molecular flexibility index (Phi) is 11.3. The van der Waals surface area contributed by atoms with Crippen molar-refractivity contribution >= 4 is 11.6 Å². The van der Waals surface area contributed by atoms with Crippen molar-refractivity contribution in [3.8, 4) is 12.3 Å². The van der Waals surface area contributed by atoms with Gasteiger partial charge in [-0.2, -0.15) is 0 Å². The molecule has 0 rings (SSSR count). The Bertz CT molecular complexity index is 263. The van der Waals surface area contributed by atoms with Crippen molar-refractivity contribution in [2.45, 2.75) is 56.9 Å². The van der Waals surface area contributed by atoms with Gasteiger partial charge >= 0.3 is 0 Å². The van der Waals surface area contributed by atoms with Gasteiger partial charge in [0.15, 0.2) is 0 Å². The number of alkyl halides is 1. The highest BCUT2D eigenvalue weighted by molar-refractivity contribution is 6.21. The summed E-state index contributed by atoms with van der Waals surface area (Å²) in [5, 5.41) is 9.46. The van der Waals surface area contributed by atoms with Crippen LogP contribution < -0.4 is 0 Å². The summed E-state index contributed by atoms with van der Waals surface area (Å²) in [6.45, 7) is 2.19. The second-order valence-corrected chi connectivity index (χ2v) is 4.65. The molecular formula is C15H23ClO. The molecule has 0 saturated heterocycles. The lowest BCUT2D eigenvalue weighted by Crippen LogP contribution is -2.19. The highest BCUT2D eigenvalue weighted by Gasteiger charge is 2.12. The third kappa shape index (κ3) is 10.2. The number of aliphatic hydroxyl groups excluding tert-OH is 1. The minimum absolute atomic E-state index is 0.236.